The van der Waals surface area contributed by atoms with Crippen LogP contribution in [-0.2, 0) is 17.8 Å². The Morgan fingerprint density at radius 3 is 3.00 bits per heavy atom. The second-order valence-electron chi connectivity index (χ2n) is 5.37. The number of nitrogens with zero attached hydrogens (tertiary/aromatic N) is 3. The molecule has 0 bridgehead atoms. The molecule has 1 unspecified atom stereocenters. The first kappa shape index (κ1) is 11.2. The largest absolute Gasteiger partial charge is 0.384 e. The maximum atomic E-state index is 5.35. The molecule has 17 heavy (non-hydrogen) atoms. The van der Waals surface area contributed by atoms with Crippen molar-refractivity contribution in [1.29, 1.82) is 0 Å². The first-order chi connectivity index (χ1) is 8.36. The zero-order valence-electron chi connectivity index (χ0n) is 10.5. The summed E-state index contributed by atoms with van der Waals surface area (Å²) < 4.78 is 7.64. The van der Waals surface area contributed by atoms with E-state index in [0.717, 1.165) is 25.7 Å². The van der Waals surface area contributed by atoms with Crippen LogP contribution in [0.2, 0.25) is 0 Å². The van der Waals surface area contributed by atoms with Gasteiger partial charge in [-0.15, -0.1) is 0 Å². The number of imidazole rings is 1. The van der Waals surface area contributed by atoms with Crippen molar-refractivity contribution in [2.45, 2.75) is 38.4 Å². The Hall–Kier alpha value is -0.870. The Morgan fingerprint density at radius 1 is 1.41 bits per heavy atom. The van der Waals surface area contributed by atoms with Crippen LogP contribution in [0, 0.1) is 5.92 Å². The molecule has 3 rings (SSSR count). The summed E-state index contributed by atoms with van der Waals surface area (Å²) >= 11 is 0. The fourth-order valence-electron chi connectivity index (χ4n) is 2.96. The third kappa shape index (κ3) is 2.24. The molecule has 2 aliphatic rings. The number of aromatic nitrogens is 2. The normalized spacial score (nSPS) is 26.3. The van der Waals surface area contributed by atoms with Crippen molar-refractivity contribution in [1.82, 2.24) is 14.5 Å². The number of ether oxygens (including phenoxy) is 1. The molecular formula is C13H21N3O. The summed E-state index contributed by atoms with van der Waals surface area (Å²) in [6.45, 7) is 4.12. The van der Waals surface area contributed by atoms with Gasteiger partial charge in [0, 0.05) is 44.9 Å². The van der Waals surface area contributed by atoms with Crippen molar-refractivity contribution in [2.24, 2.45) is 5.92 Å². The highest BCUT2D eigenvalue weighted by atomic mass is 16.5. The minimum atomic E-state index is 0.594. The number of hydrogen-bond acceptors (Lipinski definition) is 3. The lowest BCUT2D eigenvalue weighted by molar-refractivity contribution is 0.0721. The van der Waals surface area contributed by atoms with Gasteiger partial charge in [-0.05, 0) is 12.8 Å². The molecule has 0 saturated heterocycles. The SMILES string of the molecule is COCC1CN(C2CCC2)Cc2cncn2C1. The van der Waals surface area contributed by atoms with Crippen LogP contribution >= 0.6 is 0 Å². The minimum Gasteiger partial charge on any atom is -0.384 e. The summed E-state index contributed by atoms with van der Waals surface area (Å²) in [7, 11) is 1.80. The second-order valence-corrected chi connectivity index (χ2v) is 5.37. The van der Waals surface area contributed by atoms with Crippen LogP contribution in [0.25, 0.3) is 0 Å². The smallest absolute Gasteiger partial charge is 0.0948 e. The molecule has 2 heterocycles. The van der Waals surface area contributed by atoms with Gasteiger partial charge in [0.1, 0.15) is 0 Å². The van der Waals surface area contributed by atoms with E-state index in [1.807, 2.05) is 12.5 Å². The van der Waals surface area contributed by atoms with Gasteiger partial charge in [-0.1, -0.05) is 6.42 Å². The van der Waals surface area contributed by atoms with E-state index in [4.69, 9.17) is 4.74 Å². The molecule has 0 spiro atoms. The zero-order valence-corrected chi connectivity index (χ0v) is 10.5. The molecule has 94 valence electrons. The third-order valence-electron chi connectivity index (χ3n) is 4.10. The molecule has 1 aliphatic heterocycles. The van der Waals surface area contributed by atoms with Crippen molar-refractivity contribution < 1.29 is 4.74 Å². The predicted octanol–water partition coefficient (Wildman–Crippen LogP) is 1.51. The summed E-state index contributed by atoms with van der Waals surface area (Å²) in [6.07, 6.45) is 8.11. The van der Waals surface area contributed by atoms with Gasteiger partial charge in [0.25, 0.3) is 0 Å². The molecule has 1 atom stereocenters. The maximum Gasteiger partial charge on any atom is 0.0948 e. The van der Waals surface area contributed by atoms with Gasteiger partial charge < -0.3 is 9.30 Å². The van der Waals surface area contributed by atoms with Crippen LogP contribution in [0.15, 0.2) is 12.5 Å². The fourth-order valence-corrected chi connectivity index (χ4v) is 2.96. The summed E-state index contributed by atoms with van der Waals surface area (Å²) in [5.41, 5.74) is 1.36. The van der Waals surface area contributed by atoms with Crippen molar-refractivity contribution in [3.05, 3.63) is 18.2 Å². The van der Waals surface area contributed by atoms with Crippen LogP contribution in [0.5, 0.6) is 0 Å². The maximum absolute atomic E-state index is 5.35. The molecule has 0 amide bonds. The standard InChI is InChI=1S/C13H21N3O/c1-17-9-11-6-15(12-3-2-4-12)8-13-5-14-10-16(13)7-11/h5,10-12H,2-4,6-9H2,1H3. The molecule has 1 aromatic heterocycles. The number of rotatable bonds is 3. The van der Waals surface area contributed by atoms with E-state index < -0.39 is 0 Å². The first-order valence-electron chi connectivity index (χ1n) is 6.59. The van der Waals surface area contributed by atoms with E-state index in [-0.39, 0.29) is 0 Å². The van der Waals surface area contributed by atoms with Gasteiger partial charge in [0.2, 0.25) is 0 Å². The van der Waals surface area contributed by atoms with Crippen LogP contribution < -0.4 is 0 Å². The lowest BCUT2D eigenvalue weighted by atomic mass is 9.90. The van der Waals surface area contributed by atoms with Gasteiger partial charge in [-0.25, -0.2) is 4.98 Å². The topological polar surface area (TPSA) is 30.3 Å². The van der Waals surface area contributed by atoms with Gasteiger partial charge in [0.05, 0.1) is 18.6 Å². The van der Waals surface area contributed by atoms with E-state index in [0.29, 0.717) is 5.92 Å². The average molecular weight is 235 g/mol. The molecule has 4 nitrogen and oxygen atoms in total. The minimum absolute atomic E-state index is 0.594. The molecule has 0 radical (unpaired) electrons. The van der Waals surface area contributed by atoms with Gasteiger partial charge in [-0.2, -0.15) is 0 Å². The molecule has 0 N–H and O–H groups in total. The number of methoxy groups -OCH3 is 1. The van der Waals surface area contributed by atoms with Crippen LogP contribution in [-0.4, -0.2) is 40.8 Å². The van der Waals surface area contributed by atoms with Crippen LogP contribution in [0.4, 0.5) is 0 Å². The number of fused-ring (bicyclic) bond motifs is 1. The molecule has 1 aliphatic carbocycles. The first-order valence-corrected chi connectivity index (χ1v) is 6.59. The van der Waals surface area contributed by atoms with Gasteiger partial charge in [-0.3, -0.25) is 4.90 Å². The third-order valence-corrected chi connectivity index (χ3v) is 4.10. The number of hydrogen-bond donors (Lipinski definition) is 0. The lowest BCUT2D eigenvalue weighted by Gasteiger charge is -2.37. The van der Waals surface area contributed by atoms with Crippen molar-refractivity contribution in [3.8, 4) is 0 Å². The lowest BCUT2D eigenvalue weighted by Crippen LogP contribution is -2.42. The average Bonchev–Trinajstić information content (AvgIpc) is 2.57. The molecule has 4 heteroatoms. The van der Waals surface area contributed by atoms with Crippen molar-refractivity contribution in [2.75, 3.05) is 20.3 Å². The van der Waals surface area contributed by atoms with Gasteiger partial charge >= 0.3 is 0 Å². The summed E-state index contributed by atoms with van der Waals surface area (Å²) in [6, 6.07) is 0.802. The fraction of sp³-hybridized carbons (Fsp3) is 0.769. The van der Waals surface area contributed by atoms with E-state index in [2.05, 4.69) is 14.5 Å². The zero-order chi connectivity index (χ0) is 11.7. The Labute approximate surface area is 103 Å². The summed E-state index contributed by atoms with van der Waals surface area (Å²) in [5.74, 6) is 0.594. The van der Waals surface area contributed by atoms with E-state index in [1.165, 1.54) is 31.5 Å². The quantitative estimate of drug-likeness (QED) is 0.795. The Kier molecular flexibility index (Phi) is 3.16. The van der Waals surface area contributed by atoms with Crippen LogP contribution in [0.1, 0.15) is 25.0 Å². The van der Waals surface area contributed by atoms with Crippen molar-refractivity contribution in [3.63, 3.8) is 0 Å². The highest BCUT2D eigenvalue weighted by Gasteiger charge is 2.30. The molecule has 0 aromatic carbocycles. The molecule has 1 saturated carbocycles. The van der Waals surface area contributed by atoms with E-state index in [9.17, 15) is 0 Å². The molecular weight excluding hydrogens is 214 g/mol. The van der Waals surface area contributed by atoms with Crippen LogP contribution in [0.3, 0.4) is 0 Å². The monoisotopic (exact) mass is 235 g/mol. The Morgan fingerprint density at radius 2 is 2.29 bits per heavy atom. The summed E-state index contributed by atoms with van der Waals surface area (Å²) in [4.78, 5) is 6.91. The molecule has 1 fully saturated rings. The predicted molar refractivity (Wildman–Crippen MR) is 65.6 cm³/mol. The highest BCUT2D eigenvalue weighted by molar-refractivity contribution is 5.02. The summed E-state index contributed by atoms with van der Waals surface area (Å²) in [5, 5.41) is 0. The highest BCUT2D eigenvalue weighted by Crippen LogP contribution is 2.28. The van der Waals surface area contributed by atoms with E-state index >= 15 is 0 Å². The van der Waals surface area contributed by atoms with E-state index in [1.54, 1.807) is 7.11 Å². The Balaban J connectivity index is 1.78. The molecule has 1 aromatic rings. The van der Waals surface area contributed by atoms with Crippen molar-refractivity contribution >= 4 is 0 Å². The Bertz CT molecular complexity index is 372. The van der Waals surface area contributed by atoms with Gasteiger partial charge in [0.15, 0.2) is 0 Å². The second kappa shape index (κ2) is 4.78.